The molecule has 2 nitrogen and oxygen atoms in total. The summed E-state index contributed by atoms with van der Waals surface area (Å²) in [6.45, 7) is 4.26. The zero-order valence-electron chi connectivity index (χ0n) is 9.46. The molecule has 3 heteroatoms. The Kier molecular flexibility index (Phi) is 4.43. The fourth-order valence-electron chi connectivity index (χ4n) is 1.47. The molecule has 1 rings (SSSR count). The van der Waals surface area contributed by atoms with Crippen molar-refractivity contribution in [3.8, 4) is 5.75 Å². The van der Waals surface area contributed by atoms with E-state index in [2.05, 4.69) is 13.8 Å². The molecule has 0 amide bonds. The average Bonchev–Trinajstić information content (AvgIpc) is 2.26. The Morgan fingerprint density at radius 2 is 2.13 bits per heavy atom. The van der Waals surface area contributed by atoms with E-state index in [-0.39, 0.29) is 6.04 Å². The molecule has 0 bridgehead atoms. The maximum atomic E-state index is 6.14. The lowest BCUT2D eigenvalue weighted by molar-refractivity contribution is 0.413. The summed E-state index contributed by atoms with van der Waals surface area (Å²) >= 11 is 6.14. The van der Waals surface area contributed by atoms with Gasteiger partial charge < -0.3 is 10.5 Å². The minimum absolute atomic E-state index is 0.00611. The third-order valence-electron chi connectivity index (χ3n) is 2.82. The van der Waals surface area contributed by atoms with Crippen molar-refractivity contribution in [3.05, 3.63) is 28.8 Å². The van der Waals surface area contributed by atoms with E-state index >= 15 is 0 Å². The van der Waals surface area contributed by atoms with E-state index in [0.717, 1.165) is 17.7 Å². The highest BCUT2D eigenvalue weighted by Crippen LogP contribution is 2.30. The van der Waals surface area contributed by atoms with Crippen molar-refractivity contribution in [1.29, 1.82) is 0 Å². The van der Waals surface area contributed by atoms with Gasteiger partial charge in [0.25, 0.3) is 0 Å². The molecule has 2 N–H and O–H groups in total. The first-order valence-corrected chi connectivity index (χ1v) is 5.57. The van der Waals surface area contributed by atoms with E-state index in [9.17, 15) is 0 Å². The Labute approximate surface area is 96.4 Å². The number of ether oxygens (including phenoxy) is 1. The molecule has 0 fully saturated rings. The van der Waals surface area contributed by atoms with Gasteiger partial charge in [0.05, 0.1) is 7.11 Å². The first-order valence-electron chi connectivity index (χ1n) is 5.19. The normalized spacial score (nSPS) is 14.7. The first kappa shape index (κ1) is 12.3. The van der Waals surface area contributed by atoms with Gasteiger partial charge in [0.1, 0.15) is 5.75 Å². The Balaban J connectivity index is 2.95. The van der Waals surface area contributed by atoms with Gasteiger partial charge in [-0.2, -0.15) is 0 Å². The molecule has 15 heavy (non-hydrogen) atoms. The van der Waals surface area contributed by atoms with E-state index in [4.69, 9.17) is 22.1 Å². The third-order valence-corrected chi connectivity index (χ3v) is 3.15. The van der Waals surface area contributed by atoms with Crippen LogP contribution in [0.2, 0.25) is 5.02 Å². The largest absolute Gasteiger partial charge is 0.497 e. The van der Waals surface area contributed by atoms with Crippen molar-refractivity contribution < 1.29 is 4.74 Å². The third kappa shape index (κ3) is 2.86. The maximum Gasteiger partial charge on any atom is 0.120 e. The summed E-state index contributed by atoms with van der Waals surface area (Å²) in [5, 5.41) is 0.683. The van der Waals surface area contributed by atoms with Crippen LogP contribution in [0.5, 0.6) is 5.75 Å². The molecule has 1 aromatic rings. The van der Waals surface area contributed by atoms with Gasteiger partial charge in [0.15, 0.2) is 0 Å². The van der Waals surface area contributed by atoms with Crippen molar-refractivity contribution in [3.63, 3.8) is 0 Å². The SMILES string of the molecule is CCC(C)C(N)c1ccc(OC)cc1Cl. The number of rotatable bonds is 4. The van der Waals surface area contributed by atoms with Crippen molar-refractivity contribution in [2.45, 2.75) is 26.3 Å². The number of benzene rings is 1. The Bertz CT molecular complexity index is 327. The van der Waals surface area contributed by atoms with Gasteiger partial charge in [-0.25, -0.2) is 0 Å². The van der Waals surface area contributed by atoms with E-state index in [1.165, 1.54) is 0 Å². The van der Waals surface area contributed by atoms with Gasteiger partial charge in [-0.05, 0) is 23.6 Å². The summed E-state index contributed by atoms with van der Waals surface area (Å²) in [6, 6.07) is 5.63. The highest BCUT2D eigenvalue weighted by atomic mass is 35.5. The predicted octanol–water partition coefficient (Wildman–Crippen LogP) is 3.39. The predicted molar refractivity (Wildman–Crippen MR) is 64.4 cm³/mol. The van der Waals surface area contributed by atoms with Gasteiger partial charge in [-0.3, -0.25) is 0 Å². The number of hydrogen-bond acceptors (Lipinski definition) is 2. The van der Waals surface area contributed by atoms with Crippen LogP contribution in [-0.2, 0) is 0 Å². The van der Waals surface area contributed by atoms with Gasteiger partial charge >= 0.3 is 0 Å². The summed E-state index contributed by atoms with van der Waals surface area (Å²) in [6.07, 6.45) is 1.05. The summed E-state index contributed by atoms with van der Waals surface area (Å²) in [4.78, 5) is 0. The molecule has 1 aromatic carbocycles. The number of methoxy groups -OCH3 is 1. The van der Waals surface area contributed by atoms with Crippen LogP contribution < -0.4 is 10.5 Å². The standard InChI is InChI=1S/C12H18ClNO/c1-4-8(2)12(14)10-6-5-9(15-3)7-11(10)13/h5-8,12H,4,14H2,1-3H3. The molecule has 0 spiro atoms. The molecule has 0 heterocycles. The molecule has 0 aliphatic rings. The second-order valence-corrected chi connectivity index (χ2v) is 4.21. The second-order valence-electron chi connectivity index (χ2n) is 3.80. The minimum Gasteiger partial charge on any atom is -0.497 e. The molecule has 2 atom stereocenters. The maximum absolute atomic E-state index is 6.14. The van der Waals surface area contributed by atoms with Crippen molar-refractivity contribution in [2.75, 3.05) is 7.11 Å². The molecular formula is C12H18ClNO. The highest BCUT2D eigenvalue weighted by Gasteiger charge is 2.16. The van der Waals surface area contributed by atoms with Crippen LogP contribution in [0.1, 0.15) is 31.9 Å². The van der Waals surface area contributed by atoms with Crippen LogP contribution in [-0.4, -0.2) is 7.11 Å². The lowest BCUT2D eigenvalue weighted by Gasteiger charge is -2.20. The molecule has 0 radical (unpaired) electrons. The molecule has 84 valence electrons. The van der Waals surface area contributed by atoms with Gasteiger partial charge in [0, 0.05) is 11.1 Å². The van der Waals surface area contributed by atoms with E-state index in [1.807, 2.05) is 12.1 Å². The zero-order valence-corrected chi connectivity index (χ0v) is 10.2. The first-order chi connectivity index (χ1) is 7.10. The fourth-order valence-corrected chi connectivity index (χ4v) is 1.76. The molecule has 0 saturated heterocycles. The smallest absolute Gasteiger partial charge is 0.120 e. The molecular weight excluding hydrogens is 210 g/mol. The lowest BCUT2D eigenvalue weighted by Crippen LogP contribution is -2.18. The zero-order chi connectivity index (χ0) is 11.4. The molecule has 2 unspecified atom stereocenters. The number of nitrogens with two attached hydrogens (primary N) is 1. The summed E-state index contributed by atoms with van der Waals surface area (Å²) in [7, 11) is 1.62. The van der Waals surface area contributed by atoms with Crippen molar-refractivity contribution >= 4 is 11.6 Å². The summed E-state index contributed by atoms with van der Waals surface area (Å²) in [5.41, 5.74) is 7.11. The minimum atomic E-state index is -0.00611. The molecule has 0 aliphatic carbocycles. The topological polar surface area (TPSA) is 35.2 Å². The Morgan fingerprint density at radius 1 is 1.47 bits per heavy atom. The number of hydrogen-bond donors (Lipinski definition) is 1. The van der Waals surface area contributed by atoms with Gasteiger partial charge in [-0.1, -0.05) is 37.9 Å². The Morgan fingerprint density at radius 3 is 2.60 bits per heavy atom. The summed E-state index contributed by atoms with van der Waals surface area (Å²) in [5.74, 6) is 1.19. The summed E-state index contributed by atoms with van der Waals surface area (Å²) < 4.78 is 5.09. The van der Waals surface area contributed by atoms with Crippen LogP contribution in [0.25, 0.3) is 0 Å². The fraction of sp³-hybridized carbons (Fsp3) is 0.500. The Hall–Kier alpha value is -0.730. The number of halogens is 1. The van der Waals surface area contributed by atoms with E-state index < -0.39 is 0 Å². The van der Waals surface area contributed by atoms with Crippen LogP contribution in [0.15, 0.2) is 18.2 Å². The molecule has 0 saturated carbocycles. The van der Waals surface area contributed by atoms with Crippen LogP contribution in [0.4, 0.5) is 0 Å². The van der Waals surface area contributed by atoms with Crippen LogP contribution >= 0.6 is 11.6 Å². The van der Waals surface area contributed by atoms with Gasteiger partial charge in [-0.15, -0.1) is 0 Å². The highest BCUT2D eigenvalue weighted by molar-refractivity contribution is 6.31. The van der Waals surface area contributed by atoms with E-state index in [0.29, 0.717) is 10.9 Å². The lowest BCUT2D eigenvalue weighted by atomic mass is 9.93. The monoisotopic (exact) mass is 227 g/mol. The van der Waals surface area contributed by atoms with Crippen LogP contribution in [0, 0.1) is 5.92 Å². The molecule has 0 aromatic heterocycles. The van der Waals surface area contributed by atoms with Gasteiger partial charge in [0.2, 0.25) is 0 Å². The van der Waals surface area contributed by atoms with Crippen molar-refractivity contribution in [1.82, 2.24) is 0 Å². The quantitative estimate of drug-likeness (QED) is 0.856. The van der Waals surface area contributed by atoms with Crippen molar-refractivity contribution in [2.24, 2.45) is 11.7 Å². The molecule has 0 aliphatic heterocycles. The second kappa shape index (κ2) is 5.38. The van der Waals surface area contributed by atoms with Crippen LogP contribution in [0.3, 0.4) is 0 Å². The average molecular weight is 228 g/mol. The van der Waals surface area contributed by atoms with E-state index in [1.54, 1.807) is 13.2 Å².